The molecule has 0 radical (unpaired) electrons. The van der Waals surface area contributed by atoms with Crippen LogP contribution < -0.4 is 31.7 Å². The van der Waals surface area contributed by atoms with Crippen LogP contribution in [0.3, 0.4) is 0 Å². The van der Waals surface area contributed by atoms with Crippen LogP contribution in [0.25, 0.3) is 33.2 Å². The van der Waals surface area contributed by atoms with E-state index in [0.29, 0.717) is 94.7 Å². The predicted molar refractivity (Wildman–Crippen MR) is 275 cm³/mol. The number of pyridine rings is 1. The van der Waals surface area contributed by atoms with Crippen molar-refractivity contribution in [3.63, 3.8) is 0 Å². The van der Waals surface area contributed by atoms with Crippen LogP contribution in [-0.2, 0) is 47.2 Å². The van der Waals surface area contributed by atoms with Gasteiger partial charge in [-0.2, -0.15) is 0 Å². The van der Waals surface area contributed by atoms with Gasteiger partial charge >= 0.3 is 12.1 Å². The van der Waals surface area contributed by atoms with Gasteiger partial charge in [-0.1, -0.05) is 36.1 Å². The number of benzene rings is 4. The van der Waals surface area contributed by atoms with E-state index in [0.717, 1.165) is 27.9 Å². The molecule has 2 aliphatic heterocycles. The number of nitrogens with two attached hydrogens (primary N) is 1. The summed E-state index contributed by atoms with van der Waals surface area (Å²) in [4.78, 5) is 91.7. The number of carbonyl (C=O) groups is 5. The summed E-state index contributed by atoms with van der Waals surface area (Å²) in [6, 6.07) is 26.0. The molecule has 0 spiro atoms. The Bertz CT molecular complexity index is 3760. The van der Waals surface area contributed by atoms with Gasteiger partial charge in [-0.15, -0.1) is 13.2 Å². The number of rotatable bonds is 14. The van der Waals surface area contributed by atoms with E-state index < -0.39 is 18.3 Å². The monoisotopic (exact) mass is 1030 g/mol. The van der Waals surface area contributed by atoms with E-state index in [1.807, 2.05) is 41.1 Å². The lowest BCUT2D eigenvalue weighted by Crippen LogP contribution is -2.44. The topological polar surface area (TPSA) is 218 Å². The van der Waals surface area contributed by atoms with Gasteiger partial charge in [-0.3, -0.25) is 43.4 Å². The predicted octanol–water partition coefficient (Wildman–Crippen LogP) is 6.77. The van der Waals surface area contributed by atoms with Crippen molar-refractivity contribution in [2.45, 2.75) is 63.9 Å². The lowest BCUT2D eigenvalue weighted by Gasteiger charge is -2.21. The molecule has 1 saturated heterocycles. The fourth-order valence-electron chi connectivity index (χ4n) is 9.70. The Kier molecular flexibility index (Phi) is 13.8. The summed E-state index contributed by atoms with van der Waals surface area (Å²) in [7, 11) is 1.62. The molecule has 2 aliphatic rings. The van der Waals surface area contributed by atoms with E-state index in [9.17, 15) is 41.9 Å². The minimum absolute atomic E-state index is 0.101. The van der Waals surface area contributed by atoms with E-state index in [1.165, 1.54) is 39.9 Å². The maximum Gasteiger partial charge on any atom is 0.573 e. The number of hydrogen-bond acceptors (Lipinski definition) is 11. The number of imidazole rings is 1. The molecule has 1 fully saturated rings. The van der Waals surface area contributed by atoms with Gasteiger partial charge in [0.2, 0.25) is 17.7 Å². The van der Waals surface area contributed by atoms with Crippen molar-refractivity contribution in [1.82, 2.24) is 39.3 Å². The number of halogens is 3. The van der Waals surface area contributed by atoms with E-state index >= 15 is 0 Å². The maximum atomic E-state index is 13.4. The Morgan fingerprint density at radius 3 is 2.46 bits per heavy atom. The first-order valence-corrected chi connectivity index (χ1v) is 24.4. The Labute approximate surface area is 431 Å². The molecular weight excluding hydrogens is 982 g/mol. The van der Waals surface area contributed by atoms with Gasteiger partial charge in [-0.05, 0) is 121 Å². The Morgan fingerprint density at radius 2 is 1.68 bits per heavy atom. The standard InChI is InChI=1S/C56H47F3N10O7/c1-66-46-27-34(11-17-44(46)69(55(66)75)45-19-21-48(71)65-54(45)74)12-20-47(70)42-16-10-35(30-62-42)7-6-33-8-13-37(14-9-33)53(73)61-23-3-24-67-31-41(50-51(60)63-32-64-52(50)67)38-15-18-43-39(29-38)22-25-68(43)49(72)28-36-4-2-5-40(26-36)76-56(57,58)59/h2,4-5,8-11,13-18,26-27,29-32,45H,3,12,19-25,28H2,1H3,(H,61,73)(H2,60,63,64)(H,65,71,74). The molecule has 4 aromatic heterocycles. The second-order valence-electron chi connectivity index (χ2n) is 18.5. The number of ketones is 1. The van der Waals surface area contributed by atoms with Crippen LogP contribution in [-0.4, -0.2) is 77.5 Å². The van der Waals surface area contributed by atoms with Crippen molar-refractivity contribution >= 4 is 63.0 Å². The number of aryl methyl sites for hydroxylation is 3. The number of anilines is 2. The number of alkyl halides is 3. The Balaban J connectivity index is 0.708. The van der Waals surface area contributed by atoms with Gasteiger partial charge < -0.3 is 25.3 Å². The Hall–Kier alpha value is -9.38. The molecule has 1 atom stereocenters. The summed E-state index contributed by atoms with van der Waals surface area (Å²) in [6.07, 6.45) is 2.04. The molecule has 76 heavy (non-hydrogen) atoms. The summed E-state index contributed by atoms with van der Waals surface area (Å²) in [5, 5.41) is 5.95. The van der Waals surface area contributed by atoms with Crippen molar-refractivity contribution in [2.24, 2.45) is 7.05 Å². The number of carbonyl (C=O) groups excluding carboxylic acids is 5. The number of piperidine rings is 1. The van der Waals surface area contributed by atoms with Gasteiger partial charge in [0.05, 0.1) is 22.8 Å². The SMILES string of the molecule is Cn1c(=O)n(C2CCC(=O)NC2=O)c2ccc(CCC(=O)c3ccc(C#Cc4ccc(C(=O)NCCCn5cc(-c6ccc7c(c6)CCN7C(=O)Cc6cccc(OC(F)(F)F)c6)c6c(N)ncnc65)cc4)cn3)cc21. The van der Waals surface area contributed by atoms with Crippen LogP contribution in [0.1, 0.15) is 80.4 Å². The average Bonchev–Trinajstić information content (AvgIpc) is 4.08. The first-order valence-electron chi connectivity index (χ1n) is 24.4. The zero-order valence-corrected chi connectivity index (χ0v) is 40.8. The lowest BCUT2D eigenvalue weighted by molar-refractivity contribution is -0.274. The molecule has 4 N–H and O–H groups in total. The minimum Gasteiger partial charge on any atom is -0.406 e. The third kappa shape index (κ3) is 10.7. The molecule has 0 aliphatic carbocycles. The van der Waals surface area contributed by atoms with Crippen molar-refractivity contribution in [3.05, 3.63) is 165 Å². The third-order valence-corrected chi connectivity index (χ3v) is 13.5. The molecule has 10 rings (SSSR count). The number of nitrogen functional groups attached to an aromatic ring is 1. The number of imide groups is 1. The van der Waals surface area contributed by atoms with Crippen LogP contribution >= 0.6 is 0 Å². The first-order chi connectivity index (χ1) is 36.6. The van der Waals surface area contributed by atoms with Crippen molar-refractivity contribution in [3.8, 4) is 28.7 Å². The van der Waals surface area contributed by atoms with Crippen LogP contribution in [0.15, 0.2) is 121 Å². The van der Waals surface area contributed by atoms with Gasteiger partial charge in [-0.25, -0.2) is 14.8 Å². The summed E-state index contributed by atoms with van der Waals surface area (Å²) in [5.41, 5.74) is 14.4. The smallest absolute Gasteiger partial charge is 0.406 e. The van der Waals surface area contributed by atoms with Gasteiger partial charge in [0, 0.05) is 79.9 Å². The van der Waals surface area contributed by atoms with Crippen LogP contribution in [0.4, 0.5) is 24.7 Å². The van der Waals surface area contributed by atoms with E-state index in [2.05, 4.69) is 42.2 Å². The second-order valence-corrected chi connectivity index (χ2v) is 18.5. The zero-order valence-electron chi connectivity index (χ0n) is 40.8. The van der Waals surface area contributed by atoms with E-state index in [-0.39, 0.29) is 60.6 Å². The normalized spacial score (nSPS) is 14.3. The molecule has 0 bridgehead atoms. The highest BCUT2D eigenvalue weighted by atomic mass is 19.4. The fourth-order valence-corrected chi connectivity index (χ4v) is 9.70. The van der Waals surface area contributed by atoms with Gasteiger partial charge in [0.1, 0.15) is 35.3 Å². The highest BCUT2D eigenvalue weighted by Gasteiger charge is 2.33. The molecule has 0 saturated carbocycles. The van der Waals surface area contributed by atoms with Gasteiger partial charge in [0.25, 0.3) is 5.91 Å². The average molecular weight is 1030 g/mol. The first kappa shape index (κ1) is 50.2. The number of nitrogens with one attached hydrogen (secondary N) is 2. The highest BCUT2D eigenvalue weighted by molar-refractivity contribution is 6.03. The minimum atomic E-state index is -4.84. The molecule has 17 nitrogen and oxygen atoms in total. The molecular formula is C56H47F3N10O7. The molecule has 4 amide bonds. The van der Waals surface area contributed by atoms with Crippen molar-refractivity contribution in [1.29, 1.82) is 0 Å². The summed E-state index contributed by atoms with van der Waals surface area (Å²) in [6.45, 7) is 1.28. The Morgan fingerprint density at radius 1 is 0.882 bits per heavy atom. The summed E-state index contributed by atoms with van der Waals surface area (Å²) in [5.74, 6) is 4.50. The number of ether oxygens (including phenoxy) is 1. The number of fused-ring (bicyclic) bond motifs is 3. The number of aromatic nitrogens is 6. The number of hydrogen-bond donors (Lipinski definition) is 3. The van der Waals surface area contributed by atoms with Crippen LogP contribution in [0, 0.1) is 11.8 Å². The molecule has 4 aromatic carbocycles. The molecule has 8 aromatic rings. The summed E-state index contributed by atoms with van der Waals surface area (Å²) >= 11 is 0. The van der Waals surface area contributed by atoms with E-state index in [4.69, 9.17) is 5.73 Å². The highest BCUT2D eigenvalue weighted by Crippen LogP contribution is 2.38. The fraction of sp³-hybridized carbons (Fsp3) is 0.232. The molecule has 6 heterocycles. The lowest BCUT2D eigenvalue weighted by atomic mass is 10.0. The third-order valence-electron chi connectivity index (χ3n) is 13.5. The maximum absolute atomic E-state index is 13.4. The van der Waals surface area contributed by atoms with Crippen molar-refractivity contribution < 1.29 is 41.9 Å². The molecule has 384 valence electrons. The number of amides is 4. The molecule has 20 heteroatoms. The zero-order chi connectivity index (χ0) is 53.3. The van der Waals surface area contributed by atoms with Gasteiger partial charge in [0.15, 0.2) is 5.78 Å². The number of nitrogens with zero attached hydrogens (tertiary/aromatic N) is 7. The van der Waals surface area contributed by atoms with E-state index in [1.54, 1.807) is 60.5 Å². The second kappa shape index (κ2) is 20.9. The molecule has 1 unspecified atom stereocenters. The largest absolute Gasteiger partial charge is 0.573 e. The van der Waals surface area contributed by atoms with Crippen LogP contribution in [0.5, 0.6) is 5.75 Å². The van der Waals surface area contributed by atoms with Crippen molar-refractivity contribution in [2.75, 3.05) is 23.7 Å². The quantitative estimate of drug-likeness (QED) is 0.0447. The summed E-state index contributed by atoms with van der Waals surface area (Å²) < 4.78 is 47.2. The van der Waals surface area contributed by atoms with Crippen LogP contribution in [0.2, 0.25) is 0 Å². The number of Topliss-reactive ketones (excluding diaryl/α,β-unsaturated/α-hetero) is 1.